The molecule has 5 aromatic rings. The van der Waals surface area contributed by atoms with Crippen molar-refractivity contribution in [3.05, 3.63) is 60.4 Å². The third kappa shape index (κ3) is 4.52. The first-order valence-corrected chi connectivity index (χ1v) is 12.0. The standard InChI is InChI=1S/C27H29N9O2/c1-3-34(16-18-4-7-20(37-2)8-5-18)27-25-21(14-23(28)31-32-25)22(15-29-27)26-30-24-9-6-19(17-36(24)33-26)35-10-12-38-13-11-35/h4-9,14-15,17H,3,10-13,16H2,1-2H3,(H2,28,31)/i1D3,3D2,17D. The summed E-state index contributed by atoms with van der Waals surface area (Å²) in [5.74, 6) is 0.861. The van der Waals surface area contributed by atoms with Gasteiger partial charge in [-0.3, -0.25) is 0 Å². The zero-order valence-electron chi connectivity index (χ0n) is 26.6. The van der Waals surface area contributed by atoms with Crippen LogP contribution in [-0.2, 0) is 11.3 Å². The number of hydrogen-bond acceptors (Lipinski definition) is 10. The van der Waals surface area contributed by atoms with Crippen molar-refractivity contribution in [3.8, 4) is 17.1 Å². The first-order valence-electron chi connectivity index (χ1n) is 15.0. The molecule has 11 heteroatoms. The van der Waals surface area contributed by atoms with Crippen molar-refractivity contribution in [1.82, 2.24) is 29.8 Å². The van der Waals surface area contributed by atoms with E-state index in [9.17, 15) is 0 Å². The van der Waals surface area contributed by atoms with E-state index in [1.165, 1.54) is 23.9 Å². The van der Waals surface area contributed by atoms with Crippen LogP contribution in [0.4, 0.5) is 17.3 Å². The highest BCUT2D eigenvalue weighted by molar-refractivity contribution is 5.99. The van der Waals surface area contributed by atoms with Crippen molar-refractivity contribution < 1.29 is 17.7 Å². The second-order valence-electron chi connectivity index (χ2n) is 8.71. The smallest absolute Gasteiger partial charge is 0.184 e. The van der Waals surface area contributed by atoms with Crippen LogP contribution in [0.3, 0.4) is 0 Å². The Morgan fingerprint density at radius 1 is 1.18 bits per heavy atom. The van der Waals surface area contributed by atoms with Gasteiger partial charge >= 0.3 is 0 Å². The van der Waals surface area contributed by atoms with Gasteiger partial charge in [-0.25, -0.2) is 14.5 Å². The van der Waals surface area contributed by atoms with Crippen LogP contribution in [0.25, 0.3) is 27.9 Å². The number of nitrogen functional groups attached to an aromatic ring is 1. The number of methoxy groups -OCH3 is 1. The monoisotopic (exact) mass is 517 g/mol. The van der Waals surface area contributed by atoms with Gasteiger partial charge < -0.3 is 25.0 Å². The SMILES string of the molecule is [2H]c1c(N2CCOCC2)ccc2nc(-c3cnc(N(Cc4ccc(OC)cc4)C([2H])([2H])C([2H])([2H])[2H])c4nnc(N)cc34)nn12. The van der Waals surface area contributed by atoms with Gasteiger partial charge in [0, 0.05) is 50.1 Å². The topological polar surface area (TPSA) is 120 Å². The van der Waals surface area contributed by atoms with Crippen LogP contribution >= 0.6 is 0 Å². The highest BCUT2D eigenvalue weighted by atomic mass is 16.5. The molecular formula is C27H29N9O2. The van der Waals surface area contributed by atoms with Crippen LogP contribution in [0.1, 0.15) is 20.6 Å². The summed E-state index contributed by atoms with van der Waals surface area (Å²) in [6.45, 7) is -3.59. The number of hydrogen-bond donors (Lipinski definition) is 1. The molecule has 0 saturated carbocycles. The Balaban J connectivity index is 1.48. The van der Waals surface area contributed by atoms with Crippen LogP contribution in [0, 0.1) is 0 Å². The average molecular weight is 518 g/mol. The molecule has 1 aliphatic heterocycles. The van der Waals surface area contributed by atoms with Crippen molar-refractivity contribution in [2.24, 2.45) is 0 Å². The van der Waals surface area contributed by atoms with Crippen molar-refractivity contribution in [3.63, 3.8) is 0 Å². The van der Waals surface area contributed by atoms with Crippen LogP contribution in [-0.4, -0.2) is 69.7 Å². The number of aromatic nitrogens is 6. The van der Waals surface area contributed by atoms with Crippen LogP contribution in [0.2, 0.25) is 0 Å². The lowest BCUT2D eigenvalue weighted by Gasteiger charge is -2.28. The number of nitrogens with zero attached hydrogens (tertiary/aromatic N) is 8. The lowest BCUT2D eigenvalue weighted by Crippen LogP contribution is -2.36. The third-order valence-corrected chi connectivity index (χ3v) is 6.36. The van der Waals surface area contributed by atoms with Gasteiger partial charge in [0.15, 0.2) is 17.3 Å². The number of benzene rings is 1. The molecule has 0 unspecified atom stereocenters. The molecule has 6 rings (SSSR count). The molecule has 38 heavy (non-hydrogen) atoms. The summed E-state index contributed by atoms with van der Waals surface area (Å²) in [5, 5.41) is 13.2. The van der Waals surface area contributed by atoms with E-state index in [1.54, 1.807) is 30.3 Å². The van der Waals surface area contributed by atoms with Gasteiger partial charge in [0.2, 0.25) is 0 Å². The van der Waals surface area contributed by atoms with Crippen molar-refractivity contribution in [2.45, 2.75) is 13.4 Å². The van der Waals surface area contributed by atoms with E-state index in [4.69, 9.17) is 23.4 Å². The Hall–Kier alpha value is -4.51. The van der Waals surface area contributed by atoms with Crippen LogP contribution in [0.5, 0.6) is 5.75 Å². The Bertz CT molecular complexity index is 1830. The number of rotatable bonds is 7. The third-order valence-electron chi connectivity index (χ3n) is 6.36. The highest BCUT2D eigenvalue weighted by Crippen LogP contribution is 2.32. The minimum Gasteiger partial charge on any atom is -0.497 e. The highest BCUT2D eigenvalue weighted by Gasteiger charge is 2.20. The van der Waals surface area contributed by atoms with E-state index in [0.29, 0.717) is 59.9 Å². The quantitative estimate of drug-likeness (QED) is 0.345. The molecule has 1 fully saturated rings. The Morgan fingerprint density at radius 3 is 2.82 bits per heavy atom. The molecular weight excluding hydrogens is 482 g/mol. The molecule has 0 atom stereocenters. The molecule has 1 aliphatic rings. The van der Waals surface area contributed by atoms with E-state index in [-0.39, 0.29) is 35.7 Å². The zero-order chi connectivity index (χ0) is 31.2. The van der Waals surface area contributed by atoms with Gasteiger partial charge in [-0.2, -0.15) is 0 Å². The second-order valence-corrected chi connectivity index (χ2v) is 8.71. The summed E-state index contributed by atoms with van der Waals surface area (Å²) >= 11 is 0. The minimum atomic E-state index is -3.04. The Kier molecular flexibility index (Phi) is 4.75. The predicted octanol–water partition coefficient (Wildman–Crippen LogP) is 3.19. The maximum absolute atomic E-state index is 8.81. The van der Waals surface area contributed by atoms with Gasteiger partial charge in [0.25, 0.3) is 0 Å². The van der Waals surface area contributed by atoms with E-state index in [2.05, 4.69) is 30.2 Å². The largest absolute Gasteiger partial charge is 0.497 e. The summed E-state index contributed by atoms with van der Waals surface area (Å²) < 4.78 is 62.2. The van der Waals surface area contributed by atoms with Gasteiger partial charge in [-0.15, -0.1) is 15.3 Å². The molecule has 5 heterocycles. The van der Waals surface area contributed by atoms with Crippen LogP contribution in [0.15, 0.2) is 54.8 Å². The molecule has 1 saturated heterocycles. The summed E-state index contributed by atoms with van der Waals surface area (Å²) in [6, 6.07) is 12.0. The fraction of sp³-hybridized carbons (Fsp3) is 0.296. The Morgan fingerprint density at radius 2 is 2.03 bits per heavy atom. The van der Waals surface area contributed by atoms with Crippen molar-refractivity contribution >= 4 is 33.9 Å². The molecule has 0 spiro atoms. The first-order chi connectivity index (χ1) is 21.0. The molecule has 0 aliphatic carbocycles. The average Bonchev–Trinajstić information content (AvgIpc) is 3.45. The number of nitrogens with two attached hydrogens (primary N) is 1. The number of ether oxygens (including phenoxy) is 2. The van der Waals surface area contributed by atoms with E-state index >= 15 is 0 Å². The molecule has 2 N–H and O–H groups in total. The van der Waals surface area contributed by atoms with E-state index in [0.717, 1.165) is 4.90 Å². The number of pyridine rings is 2. The number of morpholine rings is 1. The van der Waals surface area contributed by atoms with Gasteiger partial charge in [0.1, 0.15) is 17.1 Å². The normalized spacial score (nSPS) is 16.8. The van der Waals surface area contributed by atoms with E-state index < -0.39 is 13.3 Å². The van der Waals surface area contributed by atoms with Crippen molar-refractivity contribution in [1.29, 1.82) is 0 Å². The fourth-order valence-corrected chi connectivity index (χ4v) is 4.40. The summed E-state index contributed by atoms with van der Waals surface area (Å²) in [4.78, 5) is 12.3. The molecule has 0 radical (unpaired) electrons. The zero-order valence-corrected chi connectivity index (χ0v) is 20.6. The summed E-state index contributed by atoms with van der Waals surface area (Å²) in [5.41, 5.74) is 8.29. The molecule has 194 valence electrons. The minimum absolute atomic E-state index is 0.0484. The maximum Gasteiger partial charge on any atom is 0.184 e. The fourth-order valence-electron chi connectivity index (χ4n) is 4.40. The molecule has 0 bridgehead atoms. The van der Waals surface area contributed by atoms with Crippen molar-refractivity contribution in [2.75, 3.05) is 55.4 Å². The Labute approximate surface area is 228 Å². The molecule has 11 nitrogen and oxygen atoms in total. The summed E-state index contributed by atoms with van der Waals surface area (Å²) in [7, 11) is 1.53. The lowest BCUT2D eigenvalue weighted by atomic mass is 10.1. The van der Waals surface area contributed by atoms with Gasteiger partial charge in [-0.05, 0) is 42.7 Å². The predicted molar refractivity (Wildman–Crippen MR) is 146 cm³/mol. The first kappa shape index (κ1) is 17.9. The lowest BCUT2D eigenvalue weighted by molar-refractivity contribution is 0.122. The molecule has 4 aromatic heterocycles. The van der Waals surface area contributed by atoms with Crippen LogP contribution < -0.4 is 20.3 Å². The summed E-state index contributed by atoms with van der Waals surface area (Å²) in [6.07, 6.45) is 1.59. The van der Waals surface area contributed by atoms with Gasteiger partial charge in [0.05, 0.1) is 33.6 Å². The number of anilines is 3. The maximum atomic E-state index is 8.81. The van der Waals surface area contributed by atoms with Gasteiger partial charge in [-0.1, -0.05) is 12.1 Å². The van der Waals surface area contributed by atoms with E-state index in [1.807, 2.05) is 6.07 Å². The second kappa shape index (κ2) is 10.1. The molecule has 1 aromatic carbocycles. The molecule has 0 amide bonds. The number of fused-ring (bicyclic) bond motifs is 2.